The summed E-state index contributed by atoms with van der Waals surface area (Å²) in [5.41, 5.74) is 13.1. The van der Waals surface area contributed by atoms with Crippen LogP contribution >= 0.6 is 0 Å². The SMILES string of the molecule is [C-]#[N+]c1cc(C#N)cc(-c2cccc(-c3cc(C#N)cc(C#N)c3-n3c4ccncc4c4cc(-c5ccccc5)ccc43)c2)c1-n1c2ccncc2c2cc(-c3ccccc3)ccc21. The second-order valence-corrected chi connectivity index (χ2v) is 15.5. The second-order valence-electron chi connectivity index (χ2n) is 15.5. The summed E-state index contributed by atoms with van der Waals surface area (Å²) in [6.07, 6.45) is 7.21. The van der Waals surface area contributed by atoms with E-state index in [4.69, 9.17) is 6.57 Å². The Balaban J connectivity index is 1.16. The number of hydrogen-bond acceptors (Lipinski definition) is 5. The number of aromatic nitrogens is 4. The highest BCUT2D eigenvalue weighted by molar-refractivity contribution is 6.12. The van der Waals surface area contributed by atoms with Gasteiger partial charge in [-0.1, -0.05) is 91.0 Å². The first-order chi connectivity index (χ1) is 31.6. The van der Waals surface area contributed by atoms with Gasteiger partial charge in [-0.3, -0.25) is 9.97 Å². The van der Waals surface area contributed by atoms with Gasteiger partial charge in [-0.2, -0.15) is 15.8 Å². The van der Waals surface area contributed by atoms with Crippen LogP contribution in [0.1, 0.15) is 16.7 Å². The lowest BCUT2D eigenvalue weighted by Gasteiger charge is -2.19. The lowest BCUT2D eigenvalue weighted by Crippen LogP contribution is -2.02. The summed E-state index contributed by atoms with van der Waals surface area (Å²) in [5, 5.41) is 35.3. The van der Waals surface area contributed by atoms with Crippen molar-refractivity contribution in [3.05, 3.63) is 211 Å². The predicted octanol–water partition coefficient (Wildman–Crippen LogP) is 13.5. The van der Waals surface area contributed by atoms with Crippen molar-refractivity contribution in [1.82, 2.24) is 19.1 Å². The monoisotopic (exact) mass is 814 g/mol. The van der Waals surface area contributed by atoms with Gasteiger partial charge in [0.1, 0.15) is 6.07 Å². The highest BCUT2D eigenvalue weighted by Crippen LogP contribution is 2.45. The molecular weight excluding hydrogens is 785 g/mol. The summed E-state index contributed by atoms with van der Waals surface area (Å²) in [5.74, 6) is 0. The summed E-state index contributed by atoms with van der Waals surface area (Å²) < 4.78 is 4.19. The van der Waals surface area contributed by atoms with Crippen molar-refractivity contribution >= 4 is 49.3 Å². The van der Waals surface area contributed by atoms with Crippen LogP contribution < -0.4 is 0 Å². The molecule has 8 heteroatoms. The third-order valence-corrected chi connectivity index (χ3v) is 12.0. The number of benzene rings is 7. The van der Waals surface area contributed by atoms with Gasteiger partial charge in [0.25, 0.3) is 0 Å². The fourth-order valence-electron chi connectivity index (χ4n) is 9.16. The van der Waals surface area contributed by atoms with E-state index in [0.717, 1.165) is 77.0 Å². The molecule has 7 aromatic carbocycles. The molecule has 11 rings (SSSR count). The molecular formula is C56H30N8. The molecule has 0 unspecified atom stereocenters. The first kappa shape index (κ1) is 37.4. The van der Waals surface area contributed by atoms with Crippen molar-refractivity contribution in [3.63, 3.8) is 0 Å². The number of nitrogens with zero attached hydrogens (tertiary/aromatic N) is 8. The summed E-state index contributed by atoms with van der Waals surface area (Å²) in [7, 11) is 0. The van der Waals surface area contributed by atoms with Gasteiger partial charge >= 0.3 is 0 Å². The highest BCUT2D eigenvalue weighted by Gasteiger charge is 2.24. The van der Waals surface area contributed by atoms with Crippen LogP contribution in [-0.4, -0.2) is 19.1 Å². The van der Waals surface area contributed by atoms with Crippen molar-refractivity contribution in [2.75, 3.05) is 0 Å². The third-order valence-electron chi connectivity index (χ3n) is 12.0. The number of rotatable bonds is 6. The fraction of sp³-hybridized carbons (Fsp3) is 0. The summed E-state index contributed by atoms with van der Waals surface area (Å²) in [6, 6.07) is 58.8. The average Bonchev–Trinajstić information content (AvgIpc) is 3.87. The van der Waals surface area contributed by atoms with Crippen LogP contribution in [-0.2, 0) is 0 Å². The molecule has 0 saturated heterocycles. The number of hydrogen-bond donors (Lipinski definition) is 0. The molecule has 0 atom stereocenters. The quantitative estimate of drug-likeness (QED) is 0.155. The molecule has 11 aromatic rings. The molecule has 0 N–H and O–H groups in total. The average molecular weight is 815 g/mol. The van der Waals surface area contributed by atoms with E-state index in [0.29, 0.717) is 44.9 Å². The largest absolute Gasteiger partial charge is 0.318 e. The Morgan fingerprint density at radius 3 is 1.42 bits per heavy atom. The molecule has 8 nitrogen and oxygen atoms in total. The van der Waals surface area contributed by atoms with Crippen molar-refractivity contribution in [3.8, 4) is 74.1 Å². The van der Waals surface area contributed by atoms with E-state index in [9.17, 15) is 15.8 Å². The van der Waals surface area contributed by atoms with Crippen molar-refractivity contribution in [2.45, 2.75) is 0 Å². The number of pyridine rings is 2. The maximum Gasteiger partial charge on any atom is 0.212 e. The van der Waals surface area contributed by atoms with Gasteiger partial charge in [0.2, 0.25) is 5.69 Å². The predicted molar refractivity (Wildman–Crippen MR) is 253 cm³/mol. The van der Waals surface area contributed by atoms with Crippen LogP contribution in [0.4, 0.5) is 5.69 Å². The van der Waals surface area contributed by atoms with Crippen molar-refractivity contribution < 1.29 is 0 Å². The molecule has 4 heterocycles. The van der Waals surface area contributed by atoms with Gasteiger partial charge in [-0.15, -0.1) is 0 Å². The first-order valence-corrected chi connectivity index (χ1v) is 20.5. The fourth-order valence-corrected chi connectivity index (χ4v) is 9.16. The standard InChI is InChI=1S/C56H30N8/c1-60-50-26-36(31-58)25-45(56(50)64-52-18-16-40(38-11-6-3-7-12-38)29-47(52)49-34-62-22-20-54(49)64)42-14-8-13-41(27-42)44-24-35(30-57)23-43(32-59)55(44)63-51-17-15-39(37-9-4-2-5-10-37)28-46(51)48-33-61-21-19-53(48)63/h2-29,33-34H. The third kappa shape index (κ3) is 5.96. The molecule has 0 amide bonds. The maximum atomic E-state index is 10.8. The van der Waals surface area contributed by atoms with E-state index < -0.39 is 0 Å². The molecule has 294 valence electrons. The summed E-state index contributed by atoms with van der Waals surface area (Å²) in [4.78, 5) is 13.1. The van der Waals surface area contributed by atoms with Crippen LogP contribution in [0.3, 0.4) is 0 Å². The Labute approximate surface area is 367 Å². The molecule has 4 aromatic heterocycles. The maximum absolute atomic E-state index is 10.8. The Morgan fingerprint density at radius 2 is 0.906 bits per heavy atom. The molecule has 0 radical (unpaired) electrons. The first-order valence-electron chi connectivity index (χ1n) is 20.5. The van der Waals surface area contributed by atoms with Crippen LogP contribution in [0.2, 0.25) is 0 Å². The van der Waals surface area contributed by atoms with E-state index in [-0.39, 0.29) is 0 Å². The molecule has 0 aliphatic carbocycles. The topological polar surface area (TPSA) is 111 Å². The zero-order valence-corrected chi connectivity index (χ0v) is 33.9. The molecule has 0 aliphatic rings. The van der Waals surface area contributed by atoms with E-state index in [2.05, 4.69) is 103 Å². The minimum absolute atomic E-state index is 0.315. The van der Waals surface area contributed by atoms with E-state index >= 15 is 0 Å². The second kappa shape index (κ2) is 15.1. The number of nitriles is 3. The molecule has 0 bridgehead atoms. The van der Waals surface area contributed by atoms with Crippen molar-refractivity contribution in [2.24, 2.45) is 0 Å². The normalized spacial score (nSPS) is 11.1. The number of fused-ring (bicyclic) bond motifs is 6. The minimum atomic E-state index is 0.315. The van der Waals surface area contributed by atoms with Gasteiger partial charge in [-0.05, 0) is 106 Å². The van der Waals surface area contributed by atoms with Gasteiger partial charge in [-0.25, -0.2) is 4.85 Å². The summed E-state index contributed by atoms with van der Waals surface area (Å²) in [6.45, 7) is 8.47. The van der Waals surface area contributed by atoms with Crippen LogP contribution in [0, 0.1) is 40.6 Å². The Hall–Kier alpha value is -9.60. The molecule has 64 heavy (non-hydrogen) atoms. The van der Waals surface area contributed by atoms with Crippen LogP contribution in [0.25, 0.3) is 104 Å². The van der Waals surface area contributed by atoms with Crippen molar-refractivity contribution in [1.29, 1.82) is 15.8 Å². The van der Waals surface area contributed by atoms with E-state index in [1.807, 2.05) is 97.3 Å². The van der Waals surface area contributed by atoms with Crippen LogP contribution in [0.15, 0.2) is 183 Å². The molecule has 0 fully saturated rings. The summed E-state index contributed by atoms with van der Waals surface area (Å²) >= 11 is 0. The lowest BCUT2D eigenvalue weighted by atomic mass is 9.93. The Bertz CT molecular complexity index is 3640. The smallest absolute Gasteiger partial charge is 0.212 e. The lowest BCUT2D eigenvalue weighted by molar-refractivity contribution is 1.16. The van der Waals surface area contributed by atoms with Gasteiger partial charge < -0.3 is 9.13 Å². The zero-order chi connectivity index (χ0) is 43.3. The van der Waals surface area contributed by atoms with Gasteiger partial charge in [0, 0.05) is 57.5 Å². The van der Waals surface area contributed by atoms with E-state index in [1.54, 1.807) is 24.5 Å². The van der Waals surface area contributed by atoms with Crippen LogP contribution in [0.5, 0.6) is 0 Å². The highest BCUT2D eigenvalue weighted by atomic mass is 15.0. The van der Waals surface area contributed by atoms with Gasteiger partial charge in [0.05, 0.1) is 63.3 Å². The Morgan fingerprint density at radius 1 is 0.422 bits per heavy atom. The molecule has 0 aliphatic heterocycles. The van der Waals surface area contributed by atoms with Gasteiger partial charge in [0.15, 0.2) is 0 Å². The van der Waals surface area contributed by atoms with E-state index in [1.165, 1.54) is 0 Å². The minimum Gasteiger partial charge on any atom is -0.318 e. The molecule has 0 saturated carbocycles. The zero-order valence-electron chi connectivity index (χ0n) is 33.9. The Kier molecular flexibility index (Phi) is 8.85. The molecule has 0 spiro atoms.